The number of hydrogen-bond acceptors (Lipinski definition) is 3. The first kappa shape index (κ1) is 14.1. The second kappa shape index (κ2) is 5.36. The third kappa shape index (κ3) is 2.38. The molecule has 0 spiro atoms. The summed E-state index contributed by atoms with van der Waals surface area (Å²) in [6, 6.07) is 2.11. The Balaban J connectivity index is 2.40. The third-order valence-corrected chi connectivity index (χ3v) is 3.08. The number of imide groups is 1. The van der Waals surface area contributed by atoms with Gasteiger partial charge in [-0.05, 0) is 18.6 Å². The Hall–Kier alpha value is -2.31. The van der Waals surface area contributed by atoms with E-state index in [1.165, 1.54) is 0 Å². The molecule has 2 rings (SSSR count). The Morgan fingerprint density at radius 2 is 1.95 bits per heavy atom. The molecule has 0 radical (unpaired) electrons. The number of nitrogens with one attached hydrogen (secondary N) is 1. The van der Waals surface area contributed by atoms with E-state index < -0.39 is 47.5 Å². The Morgan fingerprint density at radius 1 is 1.35 bits per heavy atom. The quantitative estimate of drug-likeness (QED) is 0.817. The lowest BCUT2D eigenvalue weighted by atomic mass is 10.1. The first-order chi connectivity index (χ1) is 9.45. The van der Waals surface area contributed by atoms with Gasteiger partial charge in [-0.1, -0.05) is 13.0 Å². The van der Waals surface area contributed by atoms with E-state index in [1.54, 1.807) is 6.92 Å². The van der Waals surface area contributed by atoms with Gasteiger partial charge < -0.3 is 4.90 Å². The van der Waals surface area contributed by atoms with E-state index in [9.17, 15) is 23.2 Å². The summed E-state index contributed by atoms with van der Waals surface area (Å²) in [7, 11) is 0. The van der Waals surface area contributed by atoms with Gasteiger partial charge in [0.05, 0.1) is 0 Å². The molecule has 0 aromatic heterocycles. The fourth-order valence-electron chi connectivity index (χ4n) is 2.13. The van der Waals surface area contributed by atoms with Crippen LogP contribution in [-0.2, 0) is 9.59 Å². The molecule has 1 aliphatic rings. The molecule has 1 N–H and O–H groups in total. The van der Waals surface area contributed by atoms with Crippen molar-refractivity contribution in [1.82, 2.24) is 10.2 Å². The minimum absolute atomic E-state index is 0.237. The molecule has 1 saturated heterocycles. The van der Waals surface area contributed by atoms with E-state index in [2.05, 4.69) is 5.32 Å². The van der Waals surface area contributed by atoms with E-state index in [1.807, 2.05) is 0 Å². The molecular weight excluding hydrogens is 270 g/mol. The molecule has 1 heterocycles. The first-order valence-electron chi connectivity index (χ1n) is 6.04. The van der Waals surface area contributed by atoms with Gasteiger partial charge in [-0.15, -0.1) is 0 Å². The summed E-state index contributed by atoms with van der Waals surface area (Å²) in [5.41, 5.74) is -0.756. The van der Waals surface area contributed by atoms with Gasteiger partial charge >= 0.3 is 0 Å². The highest BCUT2D eigenvalue weighted by Crippen LogP contribution is 2.18. The molecule has 106 valence electrons. The molecule has 5 nitrogen and oxygen atoms in total. The van der Waals surface area contributed by atoms with Crippen LogP contribution in [0.25, 0.3) is 0 Å². The van der Waals surface area contributed by atoms with E-state index in [4.69, 9.17) is 0 Å². The van der Waals surface area contributed by atoms with Crippen LogP contribution >= 0.6 is 0 Å². The number of amides is 3. The second-order valence-electron chi connectivity index (χ2n) is 4.37. The first-order valence-corrected chi connectivity index (χ1v) is 6.04. The Kier molecular flexibility index (Phi) is 3.78. The summed E-state index contributed by atoms with van der Waals surface area (Å²) >= 11 is 0. The highest BCUT2D eigenvalue weighted by Gasteiger charge is 2.37. The summed E-state index contributed by atoms with van der Waals surface area (Å²) in [5, 5.41) is 2.09. The van der Waals surface area contributed by atoms with Crippen molar-refractivity contribution < 1.29 is 23.2 Å². The van der Waals surface area contributed by atoms with Crippen LogP contribution in [0, 0.1) is 11.6 Å². The molecule has 0 aliphatic carbocycles. The summed E-state index contributed by atoms with van der Waals surface area (Å²) in [5.74, 6) is -4.37. The number of piperazine rings is 1. The van der Waals surface area contributed by atoms with Crippen molar-refractivity contribution in [2.24, 2.45) is 0 Å². The van der Waals surface area contributed by atoms with Crippen LogP contribution in [0.3, 0.4) is 0 Å². The predicted octanol–water partition coefficient (Wildman–Crippen LogP) is 0.842. The number of rotatable bonds is 2. The van der Waals surface area contributed by atoms with E-state index in [-0.39, 0.29) is 6.42 Å². The van der Waals surface area contributed by atoms with Gasteiger partial charge in [0.2, 0.25) is 11.8 Å². The van der Waals surface area contributed by atoms with Gasteiger partial charge in [0.1, 0.15) is 29.8 Å². The topological polar surface area (TPSA) is 66.5 Å². The number of hydrogen-bond donors (Lipinski definition) is 1. The zero-order valence-electron chi connectivity index (χ0n) is 10.7. The fourth-order valence-corrected chi connectivity index (χ4v) is 2.13. The molecule has 1 aromatic carbocycles. The van der Waals surface area contributed by atoms with Crippen molar-refractivity contribution in [2.45, 2.75) is 19.4 Å². The predicted molar refractivity (Wildman–Crippen MR) is 64.6 cm³/mol. The third-order valence-electron chi connectivity index (χ3n) is 3.08. The van der Waals surface area contributed by atoms with E-state index in [0.29, 0.717) is 0 Å². The summed E-state index contributed by atoms with van der Waals surface area (Å²) in [6.07, 6.45) is 0.237. The van der Waals surface area contributed by atoms with E-state index in [0.717, 1.165) is 23.1 Å². The lowest BCUT2D eigenvalue weighted by Crippen LogP contribution is -2.59. The molecule has 0 bridgehead atoms. The Labute approximate surface area is 113 Å². The molecular formula is C13H12F2N2O3. The second-order valence-corrected chi connectivity index (χ2v) is 4.37. The van der Waals surface area contributed by atoms with Crippen molar-refractivity contribution in [2.75, 3.05) is 6.54 Å². The van der Waals surface area contributed by atoms with Gasteiger partial charge in [0.25, 0.3) is 5.91 Å². The van der Waals surface area contributed by atoms with Gasteiger partial charge in [0, 0.05) is 0 Å². The number of nitrogens with zero attached hydrogens (tertiary/aromatic N) is 1. The van der Waals surface area contributed by atoms with Crippen LogP contribution in [0.2, 0.25) is 0 Å². The zero-order chi connectivity index (χ0) is 14.9. The number of carbonyl (C=O) groups excluding carboxylic acids is 3. The Bertz CT molecular complexity index is 569. The molecule has 1 aliphatic heterocycles. The number of carbonyl (C=O) groups is 3. The maximum atomic E-state index is 13.6. The average molecular weight is 282 g/mol. The summed E-state index contributed by atoms with van der Waals surface area (Å²) in [6.45, 7) is 1.23. The lowest BCUT2D eigenvalue weighted by molar-refractivity contribution is -0.138. The summed E-state index contributed by atoms with van der Waals surface area (Å²) < 4.78 is 27.2. The molecule has 1 unspecified atom stereocenters. The smallest absolute Gasteiger partial charge is 0.260 e. The van der Waals surface area contributed by atoms with Crippen LogP contribution in [0.1, 0.15) is 23.7 Å². The highest BCUT2D eigenvalue weighted by atomic mass is 19.1. The van der Waals surface area contributed by atoms with Crippen molar-refractivity contribution in [3.8, 4) is 0 Å². The molecule has 7 heteroatoms. The van der Waals surface area contributed by atoms with Crippen LogP contribution in [0.15, 0.2) is 18.2 Å². The van der Waals surface area contributed by atoms with Crippen LogP contribution in [0.5, 0.6) is 0 Å². The minimum Gasteiger partial charge on any atom is -0.317 e. The van der Waals surface area contributed by atoms with E-state index >= 15 is 0 Å². The largest absolute Gasteiger partial charge is 0.317 e. The molecule has 1 fully saturated rings. The number of halogens is 2. The van der Waals surface area contributed by atoms with Crippen molar-refractivity contribution >= 4 is 17.7 Å². The van der Waals surface area contributed by atoms with Gasteiger partial charge in [-0.2, -0.15) is 0 Å². The fraction of sp³-hybridized carbons (Fsp3) is 0.308. The Morgan fingerprint density at radius 3 is 2.50 bits per heavy atom. The molecule has 0 saturated carbocycles. The summed E-state index contributed by atoms with van der Waals surface area (Å²) in [4.78, 5) is 36.1. The lowest BCUT2D eigenvalue weighted by Gasteiger charge is -2.33. The highest BCUT2D eigenvalue weighted by molar-refractivity contribution is 6.07. The van der Waals surface area contributed by atoms with Gasteiger partial charge in [-0.25, -0.2) is 8.78 Å². The SMILES string of the molecule is CCC1C(=O)NC(=O)CN1C(=O)c1c(F)cccc1F. The van der Waals surface area contributed by atoms with Crippen molar-refractivity contribution in [3.63, 3.8) is 0 Å². The van der Waals surface area contributed by atoms with Crippen LogP contribution in [0.4, 0.5) is 8.78 Å². The maximum absolute atomic E-state index is 13.6. The average Bonchev–Trinajstić information content (AvgIpc) is 2.37. The monoisotopic (exact) mass is 282 g/mol. The zero-order valence-corrected chi connectivity index (χ0v) is 10.7. The standard InChI is InChI=1S/C13H12F2N2O3/c1-2-9-12(19)16-10(18)6-17(9)13(20)11-7(14)4-3-5-8(11)15/h3-5,9H,2,6H2,1H3,(H,16,18,19). The van der Waals surface area contributed by atoms with Gasteiger partial charge in [0.15, 0.2) is 0 Å². The molecule has 3 amide bonds. The van der Waals surface area contributed by atoms with Crippen molar-refractivity contribution in [3.05, 3.63) is 35.4 Å². The molecule has 20 heavy (non-hydrogen) atoms. The van der Waals surface area contributed by atoms with Crippen LogP contribution in [-0.4, -0.2) is 35.2 Å². The maximum Gasteiger partial charge on any atom is 0.260 e. The van der Waals surface area contributed by atoms with Gasteiger partial charge in [-0.3, -0.25) is 19.7 Å². The van der Waals surface area contributed by atoms with Crippen molar-refractivity contribution in [1.29, 1.82) is 0 Å². The minimum atomic E-state index is -1.02. The number of benzene rings is 1. The molecule has 1 aromatic rings. The van der Waals surface area contributed by atoms with Crippen LogP contribution < -0.4 is 5.32 Å². The molecule has 1 atom stereocenters. The normalized spacial score (nSPS) is 18.9.